The first kappa shape index (κ1) is 13.4. The van der Waals surface area contributed by atoms with Gasteiger partial charge in [0, 0.05) is 16.3 Å². The van der Waals surface area contributed by atoms with E-state index in [9.17, 15) is 9.59 Å². The predicted octanol–water partition coefficient (Wildman–Crippen LogP) is 2.80. The SMILES string of the molecule is CC(C)(C)OC(=O)C=Cc1cc(C(=O)O)cs1. The lowest BCUT2D eigenvalue weighted by molar-refractivity contribution is -0.148. The predicted molar refractivity (Wildman–Crippen MR) is 66.2 cm³/mol. The number of aromatic carboxylic acids is 1. The van der Waals surface area contributed by atoms with Crippen molar-refractivity contribution in [3.8, 4) is 0 Å². The van der Waals surface area contributed by atoms with Gasteiger partial charge in [0.25, 0.3) is 0 Å². The van der Waals surface area contributed by atoms with Crippen molar-refractivity contribution in [3.05, 3.63) is 28.0 Å². The van der Waals surface area contributed by atoms with E-state index in [1.807, 2.05) is 0 Å². The van der Waals surface area contributed by atoms with Crippen LogP contribution in [0, 0.1) is 0 Å². The summed E-state index contributed by atoms with van der Waals surface area (Å²) >= 11 is 1.26. The third-order valence-corrected chi connectivity index (χ3v) is 2.56. The summed E-state index contributed by atoms with van der Waals surface area (Å²) < 4.78 is 5.08. The molecular weight excluding hydrogens is 240 g/mol. The number of hydrogen-bond acceptors (Lipinski definition) is 4. The van der Waals surface area contributed by atoms with Crippen molar-refractivity contribution >= 4 is 29.4 Å². The van der Waals surface area contributed by atoms with Gasteiger partial charge >= 0.3 is 11.9 Å². The summed E-state index contributed by atoms with van der Waals surface area (Å²) in [7, 11) is 0. The first-order valence-corrected chi connectivity index (χ1v) is 5.89. The summed E-state index contributed by atoms with van der Waals surface area (Å²) in [4.78, 5) is 22.7. The molecule has 0 saturated carbocycles. The minimum absolute atomic E-state index is 0.221. The first-order valence-electron chi connectivity index (χ1n) is 5.01. The van der Waals surface area contributed by atoms with Gasteiger partial charge in [-0.1, -0.05) is 0 Å². The summed E-state index contributed by atoms with van der Waals surface area (Å²) in [5, 5.41) is 10.2. The molecule has 5 heteroatoms. The Kier molecular flexibility index (Phi) is 4.07. The molecule has 1 aromatic rings. The molecule has 1 rings (SSSR count). The van der Waals surface area contributed by atoms with Crippen LogP contribution in [-0.2, 0) is 9.53 Å². The number of hydrogen-bond donors (Lipinski definition) is 1. The highest BCUT2D eigenvalue weighted by atomic mass is 32.1. The number of ether oxygens (including phenoxy) is 1. The monoisotopic (exact) mass is 254 g/mol. The standard InChI is InChI=1S/C12H14O4S/c1-12(2,3)16-10(13)5-4-9-6-8(7-17-9)11(14)15/h4-7H,1-3H3,(H,14,15). The van der Waals surface area contributed by atoms with Crippen LogP contribution < -0.4 is 0 Å². The van der Waals surface area contributed by atoms with E-state index < -0.39 is 17.5 Å². The van der Waals surface area contributed by atoms with Crippen LogP contribution in [0.15, 0.2) is 17.5 Å². The second-order valence-electron chi connectivity index (χ2n) is 4.41. The lowest BCUT2D eigenvalue weighted by Crippen LogP contribution is -2.22. The Hall–Kier alpha value is -1.62. The Balaban J connectivity index is 2.64. The quantitative estimate of drug-likeness (QED) is 0.665. The molecule has 0 amide bonds. The molecule has 0 saturated heterocycles. The number of carbonyl (C=O) groups excluding carboxylic acids is 1. The van der Waals surface area contributed by atoms with Crippen LogP contribution in [0.3, 0.4) is 0 Å². The molecule has 1 N–H and O–H groups in total. The average molecular weight is 254 g/mol. The topological polar surface area (TPSA) is 63.6 Å². The van der Waals surface area contributed by atoms with Crippen LogP contribution >= 0.6 is 11.3 Å². The van der Waals surface area contributed by atoms with E-state index in [0.717, 1.165) is 0 Å². The van der Waals surface area contributed by atoms with Crippen LogP contribution in [0.4, 0.5) is 0 Å². The zero-order chi connectivity index (χ0) is 13.1. The van der Waals surface area contributed by atoms with Gasteiger partial charge in [-0.05, 0) is 32.9 Å². The van der Waals surface area contributed by atoms with Gasteiger partial charge in [-0.25, -0.2) is 9.59 Å². The molecule has 92 valence electrons. The number of thiophene rings is 1. The smallest absolute Gasteiger partial charge is 0.336 e. The second-order valence-corrected chi connectivity index (χ2v) is 5.35. The summed E-state index contributed by atoms with van der Waals surface area (Å²) in [6.07, 6.45) is 2.84. The molecule has 4 nitrogen and oxygen atoms in total. The van der Waals surface area contributed by atoms with E-state index >= 15 is 0 Å². The highest BCUT2D eigenvalue weighted by Crippen LogP contribution is 2.16. The van der Waals surface area contributed by atoms with Gasteiger partial charge in [-0.2, -0.15) is 0 Å². The molecule has 0 aliphatic heterocycles. The van der Waals surface area contributed by atoms with Gasteiger partial charge < -0.3 is 9.84 Å². The molecule has 0 atom stereocenters. The Morgan fingerprint density at radius 2 is 2.06 bits per heavy atom. The minimum Gasteiger partial charge on any atom is -0.478 e. The average Bonchev–Trinajstić information content (AvgIpc) is 2.60. The zero-order valence-electron chi connectivity index (χ0n) is 9.89. The molecule has 0 fully saturated rings. The van der Waals surface area contributed by atoms with Crippen molar-refractivity contribution in [1.29, 1.82) is 0 Å². The fraction of sp³-hybridized carbons (Fsp3) is 0.333. The summed E-state index contributed by atoms with van der Waals surface area (Å²) in [5.41, 5.74) is -0.304. The Morgan fingerprint density at radius 1 is 1.41 bits per heavy atom. The van der Waals surface area contributed by atoms with E-state index in [1.54, 1.807) is 26.8 Å². The van der Waals surface area contributed by atoms with Gasteiger partial charge in [0.2, 0.25) is 0 Å². The molecule has 0 aromatic carbocycles. The fourth-order valence-corrected chi connectivity index (χ4v) is 1.81. The largest absolute Gasteiger partial charge is 0.478 e. The Morgan fingerprint density at radius 3 is 2.53 bits per heavy atom. The van der Waals surface area contributed by atoms with Crippen molar-refractivity contribution in [2.45, 2.75) is 26.4 Å². The molecule has 0 radical (unpaired) electrons. The second kappa shape index (κ2) is 5.14. The van der Waals surface area contributed by atoms with Crippen LogP contribution in [0.1, 0.15) is 36.0 Å². The molecule has 1 heterocycles. The lowest BCUT2D eigenvalue weighted by Gasteiger charge is -2.17. The van der Waals surface area contributed by atoms with Gasteiger partial charge in [0.1, 0.15) is 5.60 Å². The van der Waals surface area contributed by atoms with Crippen molar-refractivity contribution in [2.75, 3.05) is 0 Å². The lowest BCUT2D eigenvalue weighted by atomic mass is 10.2. The van der Waals surface area contributed by atoms with Crippen LogP contribution in [0.2, 0.25) is 0 Å². The van der Waals surface area contributed by atoms with E-state index in [0.29, 0.717) is 4.88 Å². The summed E-state index contributed by atoms with van der Waals surface area (Å²) in [6, 6.07) is 1.51. The van der Waals surface area contributed by atoms with Crippen molar-refractivity contribution in [2.24, 2.45) is 0 Å². The number of esters is 1. The van der Waals surface area contributed by atoms with Crippen molar-refractivity contribution in [3.63, 3.8) is 0 Å². The Labute approximate surface area is 104 Å². The van der Waals surface area contributed by atoms with Crippen molar-refractivity contribution < 1.29 is 19.4 Å². The molecular formula is C12H14O4S. The first-order chi connectivity index (χ1) is 7.78. The van der Waals surface area contributed by atoms with Crippen LogP contribution in [-0.4, -0.2) is 22.6 Å². The van der Waals surface area contributed by atoms with Gasteiger partial charge in [0.15, 0.2) is 0 Å². The van der Waals surface area contributed by atoms with E-state index in [-0.39, 0.29) is 5.56 Å². The van der Waals surface area contributed by atoms with E-state index in [2.05, 4.69) is 0 Å². The maximum absolute atomic E-state index is 11.4. The molecule has 0 aliphatic carbocycles. The maximum atomic E-state index is 11.4. The van der Waals surface area contributed by atoms with Crippen LogP contribution in [0.25, 0.3) is 6.08 Å². The molecule has 0 spiro atoms. The van der Waals surface area contributed by atoms with E-state index in [1.165, 1.54) is 28.9 Å². The van der Waals surface area contributed by atoms with Crippen LogP contribution in [0.5, 0.6) is 0 Å². The number of rotatable bonds is 3. The highest BCUT2D eigenvalue weighted by Gasteiger charge is 2.14. The molecule has 1 aromatic heterocycles. The normalized spacial score (nSPS) is 11.7. The minimum atomic E-state index is -0.974. The molecule has 17 heavy (non-hydrogen) atoms. The Bertz CT molecular complexity index is 451. The summed E-state index contributed by atoms with van der Waals surface area (Å²) in [6.45, 7) is 5.35. The molecule has 0 unspecified atom stereocenters. The maximum Gasteiger partial charge on any atom is 0.336 e. The number of carbonyl (C=O) groups is 2. The van der Waals surface area contributed by atoms with Crippen molar-refractivity contribution in [1.82, 2.24) is 0 Å². The highest BCUT2D eigenvalue weighted by molar-refractivity contribution is 7.11. The van der Waals surface area contributed by atoms with Gasteiger partial charge in [0.05, 0.1) is 5.56 Å². The summed E-state index contributed by atoms with van der Waals surface area (Å²) in [5.74, 6) is -1.42. The number of carboxylic acid groups (broad SMARTS) is 1. The fourth-order valence-electron chi connectivity index (χ4n) is 1.04. The van der Waals surface area contributed by atoms with E-state index in [4.69, 9.17) is 9.84 Å². The number of carboxylic acids is 1. The third-order valence-electron chi connectivity index (χ3n) is 1.66. The van der Waals surface area contributed by atoms with Gasteiger partial charge in [-0.3, -0.25) is 0 Å². The molecule has 0 bridgehead atoms. The third kappa shape index (κ3) is 4.82. The zero-order valence-corrected chi connectivity index (χ0v) is 10.7. The molecule has 0 aliphatic rings. The van der Waals surface area contributed by atoms with Gasteiger partial charge in [-0.15, -0.1) is 11.3 Å².